The van der Waals surface area contributed by atoms with Gasteiger partial charge in [0.2, 0.25) is 0 Å². The van der Waals surface area contributed by atoms with Gasteiger partial charge in [0.15, 0.2) is 11.5 Å². The second-order valence-corrected chi connectivity index (χ2v) is 7.48. The number of para-hydroxylation sites is 1. The Morgan fingerprint density at radius 2 is 1.90 bits per heavy atom. The lowest BCUT2D eigenvalue weighted by atomic mass is 10.0. The number of rotatable bonds is 3. The Kier molecular flexibility index (Phi) is 3.90. The third-order valence-corrected chi connectivity index (χ3v) is 5.54. The number of piperazine rings is 1. The molecule has 8 nitrogen and oxygen atoms in total. The number of nitrogens with one attached hydrogen (secondary N) is 2. The molecular formula is C21H18F2N6O2. The van der Waals surface area contributed by atoms with Gasteiger partial charge in [-0.15, -0.1) is 8.78 Å². The molecular weight excluding hydrogens is 406 g/mol. The van der Waals surface area contributed by atoms with Crippen molar-refractivity contribution in [3.05, 3.63) is 49.1 Å². The van der Waals surface area contributed by atoms with Crippen LogP contribution in [0.5, 0.6) is 11.5 Å². The van der Waals surface area contributed by atoms with Crippen LogP contribution in [-0.4, -0.2) is 52.3 Å². The van der Waals surface area contributed by atoms with E-state index in [1.165, 1.54) is 6.07 Å². The maximum Gasteiger partial charge on any atom is 0.586 e. The normalized spacial score (nSPS) is 17.4. The molecule has 0 radical (unpaired) electrons. The zero-order chi connectivity index (χ0) is 21.0. The van der Waals surface area contributed by atoms with Gasteiger partial charge in [-0.25, -0.2) is 4.98 Å². The molecule has 10 heteroatoms. The molecule has 2 aliphatic rings. The second-order valence-electron chi connectivity index (χ2n) is 7.48. The zero-order valence-corrected chi connectivity index (χ0v) is 16.3. The number of benzene rings is 1. The van der Waals surface area contributed by atoms with Crippen LogP contribution in [0.4, 0.5) is 8.78 Å². The van der Waals surface area contributed by atoms with Crippen LogP contribution in [0, 0.1) is 0 Å². The van der Waals surface area contributed by atoms with Gasteiger partial charge in [-0.05, 0) is 12.1 Å². The molecule has 0 bridgehead atoms. The molecule has 4 aromatic rings. The summed E-state index contributed by atoms with van der Waals surface area (Å²) in [7, 11) is 0. The average Bonchev–Trinajstić information content (AvgIpc) is 3.49. The fourth-order valence-electron chi connectivity index (χ4n) is 4.04. The van der Waals surface area contributed by atoms with Gasteiger partial charge in [-0.2, -0.15) is 9.89 Å². The number of alkyl halides is 2. The number of pyridine rings is 1. The Hall–Kier alpha value is -3.66. The molecule has 2 N–H and O–H groups in total. The lowest BCUT2D eigenvalue weighted by Gasteiger charge is -2.28. The number of halogens is 2. The van der Waals surface area contributed by atoms with Crippen molar-refractivity contribution in [1.29, 1.82) is 0 Å². The van der Waals surface area contributed by atoms with E-state index < -0.39 is 6.29 Å². The quantitative estimate of drug-likeness (QED) is 0.527. The van der Waals surface area contributed by atoms with E-state index in [0.29, 0.717) is 16.8 Å². The first-order valence-corrected chi connectivity index (χ1v) is 9.95. The van der Waals surface area contributed by atoms with Gasteiger partial charge >= 0.3 is 6.29 Å². The Bertz CT molecular complexity index is 1280. The lowest BCUT2D eigenvalue weighted by Crippen LogP contribution is -2.49. The largest absolute Gasteiger partial charge is 0.586 e. The summed E-state index contributed by atoms with van der Waals surface area (Å²) in [5.41, 5.74) is 3.67. The van der Waals surface area contributed by atoms with Crippen molar-refractivity contribution in [1.82, 2.24) is 25.2 Å². The molecule has 0 aliphatic carbocycles. The van der Waals surface area contributed by atoms with Gasteiger partial charge in [-0.1, -0.05) is 12.1 Å². The number of nitrogens with zero attached hydrogens (tertiary/aromatic N) is 4. The van der Waals surface area contributed by atoms with E-state index in [9.17, 15) is 8.78 Å². The van der Waals surface area contributed by atoms with E-state index in [1.54, 1.807) is 30.7 Å². The summed E-state index contributed by atoms with van der Waals surface area (Å²) in [6, 6.07) is 6.82. The molecule has 1 fully saturated rings. The highest BCUT2D eigenvalue weighted by molar-refractivity contribution is 5.97. The van der Waals surface area contributed by atoms with Gasteiger partial charge in [0.1, 0.15) is 5.65 Å². The molecule has 0 unspecified atom stereocenters. The van der Waals surface area contributed by atoms with Crippen molar-refractivity contribution in [2.75, 3.05) is 31.2 Å². The molecule has 31 heavy (non-hydrogen) atoms. The predicted molar refractivity (Wildman–Crippen MR) is 110 cm³/mol. The Morgan fingerprint density at radius 3 is 2.77 bits per heavy atom. The summed E-state index contributed by atoms with van der Waals surface area (Å²) in [6.45, 7) is 3.60. The molecule has 5 heterocycles. The standard InChI is InChI=1S/C21H18F2N6O2/c22-21(23)30-18-3-1-2-15(19(18)31-21)17-11-26-20-16(17)8-13(9-25-20)14-10-27-29(12-14)28-6-4-24-5-7-28/h1-3,8-12,24H,4-7H2,(H,25,26). The maximum absolute atomic E-state index is 13.6. The summed E-state index contributed by atoms with van der Waals surface area (Å²) < 4.78 is 36.6. The minimum atomic E-state index is -3.67. The summed E-state index contributed by atoms with van der Waals surface area (Å²) in [6.07, 6.45) is 3.60. The van der Waals surface area contributed by atoms with Crippen LogP contribution in [0.25, 0.3) is 33.3 Å². The number of ether oxygens (including phenoxy) is 2. The Balaban J connectivity index is 1.40. The minimum Gasteiger partial charge on any atom is -0.395 e. The molecule has 1 saturated heterocycles. The van der Waals surface area contributed by atoms with Gasteiger partial charge in [0, 0.05) is 66.2 Å². The van der Waals surface area contributed by atoms with Gasteiger partial charge in [-0.3, -0.25) is 5.01 Å². The van der Waals surface area contributed by atoms with E-state index >= 15 is 0 Å². The fourth-order valence-corrected chi connectivity index (χ4v) is 4.04. The van der Waals surface area contributed by atoms with Crippen molar-refractivity contribution >= 4 is 11.0 Å². The van der Waals surface area contributed by atoms with Crippen molar-refractivity contribution < 1.29 is 18.3 Å². The van der Waals surface area contributed by atoms with Gasteiger partial charge in [0.05, 0.1) is 12.4 Å². The van der Waals surface area contributed by atoms with E-state index in [1.807, 2.05) is 17.1 Å². The van der Waals surface area contributed by atoms with E-state index in [-0.39, 0.29) is 11.5 Å². The number of hydrogen-bond donors (Lipinski definition) is 2. The van der Waals surface area contributed by atoms with Crippen LogP contribution in [0.1, 0.15) is 0 Å². The zero-order valence-electron chi connectivity index (χ0n) is 16.3. The van der Waals surface area contributed by atoms with Gasteiger partial charge < -0.3 is 19.8 Å². The molecule has 3 aromatic heterocycles. The third-order valence-electron chi connectivity index (χ3n) is 5.54. The van der Waals surface area contributed by atoms with Crippen molar-refractivity contribution in [2.45, 2.75) is 6.29 Å². The first-order chi connectivity index (χ1) is 15.1. The van der Waals surface area contributed by atoms with Crippen LogP contribution >= 0.6 is 0 Å². The summed E-state index contributed by atoms with van der Waals surface area (Å²) in [5, 5.41) is 10.8. The molecule has 0 spiro atoms. The van der Waals surface area contributed by atoms with Crippen LogP contribution in [0.3, 0.4) is 0 Å². The highest BCUT2D eigenvalue weighted by Crippen LogP contribution is 2.48. The molecule has 2 aliphatic heterocycles. The van der Waals surface area contributed by atoms with E-state index in [4.69, 9.17) is 4.74 Å². The SMILES string of the molecule is FC1(F)Oc2cccc(-c3c[nH]c4ncc(-c5cnn(N6CCNCC6)c5)cc34)c2O1. The molecule has 0 amide bonds. The fraction of sp³-hybridized carbons (Fsp3) is 0.238. The highest BCUT2D eigenvalue weighted by Gasteiger charge is 2.44. The first kappa shape index (κ1) is 18.1. The second kappa shape index (κ2) is 6.67. The number of aromatic amines is 1. The summed E-state index contributed by atoms with van der Waals surface area (Å²) in [4.78, 5) is 9.47. The topological polar surface area (TPSA) is 80.2 Å². The van der Waals surface area contributed by atoms with Crippen LogP contribution in [0.2, 0.25) is 0 Å². The number of fused-ring (bicyclic) bond motifs is 2. The predicted octanol–water partition coefficient (Wildman–Crippen LogP) is 2.96. The molecule has 6 rings (SSSR count). The van der Waals surface area contributed by atoms with Crippen molar-refractivity contribution in [3.8, 4) is 33.8 Å². The monoisotopic (exact) mass is 424 g/mol. The molecule has 1 aromatic carbocycles. The number of hydrogen-bond acceptors (Lipinski definition) is 6. The number of aromatic nitrogens is 4. The van der Waals surface area contributed by atoms with Crippen LogP contribution < -0.4 is 19.8 Å². The first-order valence-electron chi connectivity index (χ1n) is 9.95. The van der Waals surface area contributed by atoms with E-state index in [0.717, 1.165) is 42.7 Å². The van der Waals surface area contributed by atoms with Crippen LogP contribution in [0.15, 0.2) is 49.1 Å². The summed E-state index contributed by atoms with van der Waals surface area (Å²) in [5.74, 6) is 0.0311. The molecule has 0 saturated carbocycles. The maximum atomic E-state index is 13.6. The average molecular weight is 424 g/mol. The summed E-state index contributed by atoms with van der Waals surface area (Å²) >= 11 is 0. The van der Waals surface area contributed by atoms with Gasteiger partial charge in [0.25, 0.3) is 0 Å². The Morgan fingerprint density at radius 1 is 1.03 bits per heavy atom. The van der Waals surface area contributed by atoms with Crippen LogP contribution in [-0.2, 0) is 0 Å². The third kappa shape index (κ3) is 3.07. The Labute approximate surface area is 175 Å². The lowest BCUT2D eigenvalue weighted by molar-refractivity contribution is -0.286. The minimum absolute atomic E-state index is 0.0123. The van der Waals surface area contributed by atoms with E-state index in [2.05, 4.69) is 30.1 Å². The molecule has 0 atom stereocenters. The smallest absolute Gasteiger partial charge is 0.395 e. The highest BCUT2D eigenvalue weighted by atomic mass is 19.3. The van der Waals surface area contributed by atoms with Crippen molar-refractivity contribution in [3.63, 3.8) is 0 Å². The molecule has 158 valence electrons. The number of H-pyrrole nitrogens is 1. The van der Waals surface area contributed by atoms with Crippen molar-refractivity contribution in [2.24, 2.45) is 0 Å².